The van der Waals surface area contributed by atoms with E-state index in [2.05, 4.69) is 5.32 Å². The van der Waals surface area contributed by atoms with Crippen LogP contribution in [-0.2, 0) is 9.59 Å². The number of nitro benzene ring substituents is 1. The molecule has 0 saturated carbocycles. The summed E-state index contributed by atoms with van der Waals surface area (Å²) in [5, 5.41) is 14.0. The maximum Gasteiger partial charge on any atom is 0.294 e. The van der Waals surface area contributed by atoms with Gasteiger partial charge in [-0.2, -0.15) is 11.8 Å². The minimum absolute atomic E-state index is 0.0266. The molecule has 1 N–H and O–H groups in total. The van der Waals surface area contributed by atoms with Gasteiger partial charge in [0.25, 0.3) is 5.69 Å². The Hall–Kier alpha value is -1.84. The van der Waals surface area contributed by atoms with Gasteiger partial charge in [-0.15, -0.1) is 0 Å². The monoisotopic (exact) mass is 412 g/mol. The SMILES string of the molecule is O=C(CN1CCCC1C(=O)N1CCSCC1)Nc1ccc(Cl)cc1[N+](=O)[O-]. The molecule has 2 heterocycles. The molecule has 8 nitrogen and oxygen atoms in total. The van der Waals surface area contributed by atoms with Crippen molar-refractivity contribution < 1.29 is 14.5 Å². The number of nitro groups is 1. The molecule has 0 spiro atoms. The average Bonchev–Trinajstić information content (AvgIpc) is 3.11. The molecule has 146 valence electrons. The Kier molecular flexibility index (Phi) is 6.56. The number of hydrogen-bond donors (Lipinski definition) is 1. The summed E-state index contributed by atoms with van der Waals surface area (Å²) in [6, 6.07) is 3.81. The van der Waals surface area contributed by atoms with E-state index in [0.717, 1.165) is 37.4 Å². The second-order valence-electron chi connectivity index (χ2n) is 6.53. The molecule has 0 aliphatic carbocycles. The third-order valence-corrected chi connectivity index (χ3v) is 5.93. The van der Waals surface area contributed by atoms with Crippen molar-refractivity contribution in [3.05, 3.63) is 33.3 Å². The van der Waals surface area contributed by atoms with Crippen LogP contribution in [0.4, 0.5) is 11.4 Å². The molecule has 3 rings (SSSR count). The predicted octanol–water partition coefficient (Wildman–Crippen LogP) is 2.23. The Morgan fingerprint density at radius 1 is 1.30 bits per heavy atom. The number of hydrogen-bond acceptors (Lipinski definition) is 6. The summed E-state index contributed by atoms with van der Waals surface area (Å²) in [5.74, 6) is 1.59. The summed E-state index contributed by atoms with van der Waals surface area (Å²) < 4.78 is 0. The number of nitrogens with one attached hydrogen (secondary N) is 1. The van der Waals surface area contributed by atoms with Crippen LogP contribution in [0.3, 0.4) is 0 Å². The second kappa shape index (κ2) is 8.90. The molecule has 2 aliphatic heterocycles. The number of likely N-dealkylation sites (tertiary alicyclic amines) is 1. The molecular weight excluding hydrogens is 392 g/mol. The summed E-state index contributed by atoms with van der Waals surface area (Å²) >= 11 is 7.63. The Morgan fingerprint density at radius 3 is 2.74 bits per heavy atom. The van der Waals surface area contributed by atoms with Crippen LogP contribution in [0, 0.1) is 10.1 Å². The highest BCUT2D eigenvalue weighted by Crippen LogP contribution is 2.28. The Labute approximate surface area is 166 Å². The van der Waals surface area contributed by atoms with E-state index in [0.29, 0.717) is 6.54 Å². The van der Waals surface area contributed by atoms with Crippen molar-refractivity contribution in [2.24, 2.45) is 0 Å². The van der Waals surface area contributed by atoms with E-state index in [1.54, 1.807) is 0 Å². The maximum absolute atomic E-state index is 12.8. The molecule has 1 atom stereocenters. The topological polar surface area (TPSA) is 95.8 Å². The molecule has 10 heteroatoms. The first-order chi connectivity index (χ1) is 13.0. The molecule has 2 amide bonds. The van der Waals surface area contributed by atoms with E-state index in [9.17, 15) is 19.7 Å². The lowest BCUT2D eigenvalue weighted by atomic mass is 10.2. The first kappa shape index (κ1) is 19.9. The highest BCUT2D eigenvalue weighted by atomic mass is 35.5. The molecule has 2 saturated heterocycles. The van der Waals surface area contributed by atoms with E-state index < -0.39 is 4.92 Å². The fourth-order valence-corrected chi connectivity index (χ4v) is 4.49. The Morgan fingerprint density at radius 2 is 2.04 bits per heavy atom. The predicted molar refractivity (Wildman–Crippen MR) is 105 cm³/mol. The molecule has 0 aromatic heterocycles. The summed E-state index contributed by atoms with van der Waals surface area (Å²) in [5.41, 5.74) is -0.153. The lowest BCUT2D eigenvalue weighted by Gasteiger charge is -2.32. The van der Waals surface area contributed by atoms with Crippen molar-refractivity contribution in [2.75, 3.05) is 43.0 Å². The van der Waals surface area contributed by atoms with Gasteiger partial charge < -0.3 is 10.2 Å². The third-order valence-electron chi connectivity index (χ3n) is 4.75. The van der Waals surface area contributed by atoms with Gasteiger partial charge in [0.05, 0.1) is 17.5 Å². The van der Waals surface area contributed by atoms with Crippen molar-refractivity contribution >= 4 is 46.6 Å². The fraction of sp³-hybridized carbons (Fsp3) is 0.529. The van der Waals surface area contributed by atoms with E-state index >= 15 is 0 Å². The van der Waals surface area contributed by atoms with Crippen molar-refractivity contribution in [2.45, 2.75) is 18.9 Å². The van der Waals surface area contributed by atoms with Gasteiger partial charge in [0, 0.05) is 35.7 Å². The van der Waals surface area contributed by atoms with Crippen LogP contribution in [0.2, 0.25) is 5.02 Å². The molecule has 27 heavy (non-hydrogen) atoms. The summed E-state index contributed by atoms with van der Waals surface area (Å²) in [4.78, 5) is 39.5. The van der Waals surface area contributed by atoms with Gasteiger partial charge in [0.15, 0.2) is 0 Å². The zero-order valence-corrected chi connectivity index (χ0v) is 16.3. The number of benzene rings is 1. The number of rotatable bonds is 5. The van der Waals surface area contributed by atoms with Gasteiger partial charge in [-0.05, 0) is 31.5 Å². The normalized spacial score (nSPS) is 20.5. The number of thioether (sulfide) groups is 1. The first-order valence-electron chi connectivity index (χ1n) is 8.80. The minimum atomic E-state index is -0.585. The molecule has 1 unspecified atom stereocenters. The van der Waals surface area contributed by atoms with E-state index in [1.807, 2.05) is 21.6 Å². The van der Waals surface area contributed by atoms with E-state index in [1.165, 1.54) is 18.2 Å². The van der Waals surface area contributed by atoms with Crippen LogP contribution in [0.5, 0.6) is 0 Å². The van der Waals surface area contributed by atoms with Gasteiger partial charge in [-0.3, -0.25) is 24.6 Å². The van der Waals surface area contributed by atoms with Crippen LogP contribution >= 0.6 is 23.4 Å². The van der Waals surface area contributed by atoms with Crippen LogP contribution in [0.15, 0.2) is 18.2 Å². The minimum Gasteiger partial charge on any atom is -0.340 e. The summed E-state index contributed by atoms with van der Waals surface area (Å²) in [6.45, 7) is 2.18. The van der Waals surface area contributed by atoms with Gasteiger partial charge in [0.1, 0.15) is 5.69 Å². The second-order valence-corrected chi connectivity index (χ2v) is 8.19. The van der Waals surface area contributed by atoms with Gasteiger partial charge in [-0.1, -0.05) is 11.6 Å². The van der Waals surface area contributed by atoms with E-state index in [4.69, 9.17) is 11.6 Å². The number of halogens is 1. The van der Waals surface area contributed by atoms with Crippen molar-refractivity contribution in [3.8, 4) is 0 Å². The molecular formula is C17H21ClN4O4S. The van der Waals surface area contributed by atoms with Gasteiger partial charge >= 0.3 is 0 Å². The van der Waals surface area contributed by atoms with Crippen molar-refractivity contribution in [1.82, 2.24) is 9.80 Å². The first-order valence-corrected chi connectivity index (χ1v) is 10.3. The van der Waals surface area contributed by atoms with Crippen LogP contribution in [0.25, 0.3) is 0 Å². The van der Waals surface area contributed by atoms with Crippen molar-refractivity contribution in [1.29, 1.82) is 0 Å². The maximum atomic E-state index is 12.8. The zero-order chi connectivity index (χ0) is 19.4. The van der Waals surface area contributed by atoms with Crippen molar-refractivity contribution in [3.63, 3.8) is 0 Å². The lowest BCUT2D eigenvalue weighted by molar-refractivity contribution is -0.383. The number of carbonyl (C=O) groups is 2. The number of amides is 2. The Balaban J connectivity index is 1.63. The number of anilines is 1. The lowest BCUT2D eigenvalue weighted by Crippen LogP contribution is -2.49. The summed E-state index contributed by atoms with van der Waals surface area (Å²) in [6.07, 6.45) is 1.59. The summed E-state index contributed by atoms with van der Waals surface area (Å²) in [7, 11) is 0. The van der Waals surface area contributed by atoms with Gasteiger partial charge in [-0.25, -0.2) is 0 Å². The smallest absolute Gasteiger partial charge is 0.294 e. The molecule has 0 bridgehead atoms. The standard InChI is InChI=1S/C17H21ClN4O4S/c18-12-3-4-13(15(10-12)22(25)26)19-16(23)11-21-5-1-2-14(21)17(24)20-6-8-27-9-7-20/h3-4,10,14H,1-2,5-9,11H2,(H,19,23). The quantitative estimate of drug-likeness (QED) is 0.588. The Bertz CT molecular complexity index is 742. The highest BCUT2D eigenvalue weighted by Gasteiger charge is 2.35. The average molecular weight is 413 g/mol. The number of nitrogens with zero attached hydrogens (tertiary/aromatic N) is 3. The molecule has 1 aromatic rings. The molecule has 2 fully saturated rings. The van der Waals surface area contributed by atoms with Crippen LogP contribution in [0.1, 0.15) is 12.8 Å². The number of carbonyl (C=O) groups excluding carboxylic acids is 2. The molecule has 0 radical (unpaired) electrons. The fourth-order valence-electron chi connectivity index (χ4n) is 3.43. The highest BCUT2D eigenvalue weighted by molar-refractivity contribution is 7.99. The molecule has 2 aliphatic rings. The van der Waals surface area contributed by atoms with Gasteiger partial charge in [0.2, 0.25) is 11.8 Å². The van der Waals surface area contributed by atoms with E-state index in [-0.39, 0.29) is 40.8 Å². The third kappa shape index (κ3) is 4.91. The zero-order valence-electron chi connectivity index (χ0n) is 14.7. The van der Waals surface area contributed by atoms with Crippen LogP contribution in [-0.4, -0.2) is 70.3 Å². The van der Waals surface area contributed by atoms with Crippen LogP contribution < -0.4 is 5.32 Å². The largest absolute Gasteiger partial charge is 0.340 e. The molecule has 1 aromatic carbocycles.